The number of hydrogen-bond donors (Lipinski definition) is 1. The molecule has 0 radical (unpaired) electrons. The van der Waals surface area contributed by atoms with E-state index in [2.05, 4.69) is 27.7 Å². The maximum atomic E-state index is 12.3. The zero-order valence-corrected chi connectivity index (χ0v) is 13.2. The zero-order chi connectivity index (χ0) is 14.5. The highest BCUT2D eigenvalue weighted by atomic mass is 16.2. The van der Waals surface area contributed by atoms with Crippen molar-refractivity contribution in [3.8, 4) is 0 Å². The fraction of sp³-hybridized carbons (Fsp3) is 0.938. The molecule has 0 spiro atoms. The van der Waals surface area contributed by atoms with Crippen LogP contribution in [0.1, 0.15) is 66.2 Å². The Balaban J connectivity index is 2.40. The summed E-state index contributed by atoms with van der Waals surface area (Å²) in [5.41, 5.74) is 6.31. The van der Waals surface area contributed by atoms with E-state index in [9.17, 15) is 4.79 Å². The molecule has 1 fully saturated rings. The summed E-state index contributed by atoms with van der Waals surface area (Å²) in [6, 6.07) is -0.00211. The van der Waals surface area contributed by atoms with Gasteiger partial charge in [-0.1, -0.05) is 34.1 Å². The number of hydrogen-bond acceptors (Lipinski definition) is 2. The van der Waals surface area contributed by atoms with Crippen LogP contribution in [0.25, 0.3) is 0 Å². The number of nitrogens with zero attached hydrogens (tertiary/aromatic N) is 1. The van der Waals surface area contributed by atoms with Gasteiger partial charge in [0.25, 0.3) is 0 Å². The monoisotopic (exact) mass is 268 g/mol. The highest BCUT2D eigenvalue weighted by Crippen LogP contribution is 2.23. The van der Waals surface area contributed by atoms with Gasteiger partial charge < -0.3 is 10.6 Å². The molecule has 0 aromatic heterocycles. The second-order valence-corrected chi connectivity index (χ2v) is 7.31. The van der Waals surface area contributed by atoms with Crippen LogP contribution in [0.2, 0.25) is 0 Å². The van der Waals surface area contributed by atoms with E-state index in [0.29, 0.717) is 6.42 Å². The van der Waals surface area contributed by atoms with Gasteiger partial charge in [-0.3, -0.25) is 4.79 Å². The number of nitrogens with two attached hydrogens (primary N) is 1. The van der Waals surface area contributed by atoms with Crippen molar-refractivity contribution in [1.29, 1.82) is 0 Å². The molecular weight excluding hydrogens is 236 g/mol. The quantitative estimate of drug-likeness (QED) is 0.851. The molecule has 2 atom stereocenters. The fourth-order valence-corrected chi connectivity index (χ4v) is 3.04. The van der Waals surface area contributed by atoms with Crippen LogP contribution in [0.5, 0.6) is 0 Å². The van der Waals surface area contributed by atoms with Gasteiger partial charge in [-0.15, -0.1) is 0 Å². The minimum Gasteiger partial charge on any atom is -0.343 e. The first-order chi connectivity index (χ1) is 8.81. The minimum atomic E-state index is -0.00211. The van der Waals surface area contributed by atoms with Gasteiger partial charge >= 0.3 is 0 Å². The molecular formula is C16H32N2O. The summed E-state index contributed by atoms with van der Waals surface area (Å²) in [6.07, 6.45) is 6.24. The van der Waals surface area contributed by atoms with Gasteiger partial charge in [0.2, 0.25) is 5.91 Å². The number of carbonyl (C=O) groups is 1. The molecule has 0 bridgehead atoms. The Labute approximate surface area is 118 Å². The Bertz CT molecular complexity index is 283. The number of likely N-dealkylation sites (tertiary alicyclic amines) is 1. The SMILES string of the molecule is CCC1CCCN(C(=O)CC(N)CC(C)(C)C)CC1. The lowest BCUT2D eigenvalue weighted by Crippen LogP contribution is -2.38. The van der Waals surface area contributed by atoms with Crippen molar-refractivity contribution >= 4 is 5.91 Å². The smallest absolute Gasteiger partial charge is 0.224 e. The van der Waals surface area contributed by atoms with Gasteiger partial charge in [-0.25, -0.2) is 0 Å². The first-order valence-electron chi connectivity index (χ1n) is 7.85. The number of rotatable bonds is 4. The lowest BCUT2D eigenvalue weighted by molar-refractivity contribution is -0.131. The van der Waals surface area contributed by atoms with Crippen molar-refractivity contribution in [3.05, 3.63) is 0 Å². The first-order valence-corrected chi connectivity index (χ1v) is 7.85. The van der Waals surface area contributed by atoms with E-state index in [0.717, 1.165) is 38.3 Å². The Morgan fingerprint density at radius 3 is 2.58 bits per heavy atom. The molecule has 1 rings (SSSR count). The number of carbonyl (C=O) groups excluding carboxylic acids is 1. The highest BCUT2D eigenvalue weighted by molar-refractivity contribution is 5.76. The lowest BCUT2D eigenvalue weighted by Gasteiger charge is -2.26. The van der Waals surface area contributed by atoms with Crippen LogP contribution in [0.15, 0.2) is 0 Å². The average Bonchev–Trinajstić information content (AvgIpc) is 2.50. The van der Waals surface area contributed by atoms with Gasteiger partial charge in [-0.2, -0.15) is 0 Å². The van der Waals surface area contributed by atoms with E-state index in [1.807, 2.05) is 4.90 Å². The normalized spacial score (nSPS) is 23.0. The average molecular weight is 268 g/mol. The van der Waals surface area contributed by atoms with Crippen LogP contribution < -0.4 is 5.73 Å². The van der Waals surface area contributed by atoms with Crippen LogP contribution in [0.3, 0.4) is 0 Å². The van der Waals surface area contributed by atoms with Gasteiger partial charge in [0.1, 0.15) is 0 Å². The largest absolute Gasteiger partial charge is 0.343 e. The van der Waals surface area contributed by atoms with E-state index in [-0.39, 0.29) is 17.4 Å². The summed E-state index contributed by atoms with van der Waals surface area (Å²) in [5.74, 6) is 1.06. The van der Waals surface area contributed by atoms with Crippen molar-refractivity contribution in [2.24, 2.45) is 17.1 Å². The summed E-state index contributed by atoms with van der Waals surface area (Å²) in [5, 5.41) is 0. The van der Waals surface area contributed by atoms with Crippen molar-refractivity contribution < 1.29 is 4.79 Å². The Hall–Kier alpha value is -0.570. The van der Waals surface area contributed by atoms with E-state index in [1.54, 1.807) is 0 Å². The van der Waals surface area contributed by atoms with Crippen LogP contribution >= 0.6 is 0 Å². The summed E-state index contributed by atoms with van der Waals surface area (Å²) in [4.78, 5) is 14.3. The van der Waals surface area contributed by atoms with Gasteiger partial charge in [-0.05, 0) is 37.0 Å². The van der Waals surface area contributed by atoms with Crippen LogP contribution in [0.4, 0.5) is 0 Å². The zero-order valence-electron chi connectivity index (χ0n) is 13.2. The van der Waals surface area contributed by atoms with Crippen molar-refractivity contribution in [1.82, 2.24) is 4.90 Å². The molecule has 1 heterocycles. The third-order valence-electron chi connectivity index (χ3n) is 4.09. The topological polar surface area (TPSA) is 46.3 Å². The van der Waals surface area contributed by atoms with Gasteiger partial charge in [0.05, 0.1) is 0 Å². The van der Waals surface area contributed by atoms with Crippen LogP contribution in [-0.4, -0.2) is 29.9 Å². The second kappa shape index (κ2) is 7.28. The van der Waals surface area contributed by atoms with Crippen LogP contribution in [-0.2, 0) is 4.79 Å². The van der Waals surface area contributed by atoms with E-state index in [4.69, 9.17) is 5.73 Å². The third kappa shape index (κ3) is 6.42. The summed E-state index contributed by atoms with van der Waals surface area (Å²) in [6.45, 7) is 10.6. The van der Waals surface area contributed by atoms with E-state index >= 15 is 0 Å². The Morgan fingerprint density at radius 2 is 2.00 bits per heavy atom. The summed E-state index contributed by atoms with van der Waals surface area (Å²) in [7, 11) is 0. The highest BCUT2D eigenvalue weighted by Gasteiger charge is 2.23. The maximum Gasteiger partial charge on any atom is 0.224 e. The standard InChI is InChI=1S/C16H32N2O/c1-5-13-7-6-9-18(10-8-13)15(19)11-14(17)12-16(2,3)4/h13-14H,5-12,17H2,1-4H3. The Morgan fingerprint density at radius 1 is 1.32 bits per heavy atom. The van der Waals surface area contributed by atoms with E-state index in [1.165, 1.54) is 12.8 Å². The fourth-order valence-electron chi connectivity index (χ4n) is 3.04. The molecule has 1 amide bonds. The lowest BCUT2D eigenvalue weighted by atomic mass is 9.87. The van der Waals surface area contributed by atoms with Crippen molar-refractivity contribution in [2.75, 3.05) is 13.1 Å². The molecule has 2 unspecified atom stereocenters. The predicted octanol–water partition coefficient (Wildman–Crippen LogP) is 3.18. The molecule has 1 aliphatic heterocycles. The van der Waals surface area contributed by atoms with Crippen molar-refractivity contribution in [3.63, 3.8) is 0 Å². The van der Waals surface area contributed by atoms with E-state index < -0.39 is 0 Å². The molecule has 0 aliphatic carbocycles. The first kappa shape index (κ1) is 16.5. The van der Waals surface area contributed by atoms with Gasteiger partial charge in [0.15, 0.2) is 0 Å². The molecule has 1 aliphatic rings. The molecule has 3 nitrogen and oxygen atoms in total. The second-order valence-electron chi connectivity index (χ2n) is 7.31. The molecule has 0 saturated carbocycles. The molecule has 3 heteroatoms. The molecule has 0 aromatic rings. The summed E-state index contributed by atoms with van der Waals surface area (Å²) < 4.78 is 0. The third-order valence-corrected chi connectivity index (χ3v) is 4.09. The minimum absolute atomic E-state index is 0.00211. The molecule has 0 aromatic carbocycles. The number of amides is 1. The molecule has 1 saturated heterocycles. The summed E-state index contributed by atoms with van der Waals surface area (Å²) >= 11 is 0. The molecule has 112 valence electrons. The molecule has 19 heavy (non-hydrogen) atoms. The maximum absolute atomic E-state index is 12.3. The Kier molecular flexibility index (Phi) is 6.31. The van der Waals surface area contributed by atoms with Gasteiger partial charge in [0, 0.05) is 25.6 Å². The molecule has 2 N–H and O–H groups in total. The van der Waals surface area contributed by atoms with Crippen molar-refractivity contribution in [2.45, 2.75) is 72.3 Å². The van der Waals surface area contributed by atoms with Crippen LogP contribution in [0, 0.1) is 11.3 Å². The predicted molar refractivity (Wildman–Crippen MR) is 80.9 cm³/mol.